The van der Waals surface area contributed by atoms with Gasteiger partial charge in [-0.05, 0) is 11.6 Å². The Bertz CT molecular complexity index is 1080. The molecule has 0 saturated carbocycles. The highest BCUT2D eigenvalue weighted by atomic mass is 19.4. The third kappa shape index (κ3) is 5.02. The fraction of sp³-hybridized carbons (Fsp3) is 0.250. The van der Waals surface area contributed by atoms with Crippen molar-refractivity contribution < 1.29 is 32.2 Å². The summed E-state index contributed by atoms with van der Waals surface area (Å²) in [5.41, 5.74) is -1.55. The van der Waals surface area contributed by atoms with Crippen LogP contribution in [0.3, 0.4) is 0 Å². The van der Waals surface area contributed by atoms with Gasteiger partial charge in [0, 0.05) is 6.07 Å². The summed E-state index contributed by atoms with van der Waals surface area (Å²) >= 11 is 0. The van der Waals surface area contributed by atoms with E-state index in [9.17, 15) is 22.8 Å². The lowest BCUT2D eigenvalue weighted by Crippen LogP contribution is -2.32. The van der Waals surface area contributed by atoms with Crippen molar-refractivity contribution in [3.8, 4) is 11.7 Å². The highest BCUT2D eigenvalue weighted by Gasteiger charge is 2.41. The molecule has 0 aliphatic rings. The van der Waals surface area contributed by atoms with Gasteiger partial charge in [-0.25, -0.2) is 4.68 Å². The van der Waals surface area contributed by atoms with Crippen LogP contribution < -0.4 is 10.1 Å². The first kappa shape index (κ1) is 22.7. The number of esters is 1. The number of rotatable bonds is 7. The zero-order valence-electron chi connectivity index (χ0n) is 17.0. The van der Waals surface area contributed by atoms with E-state index in [4.69, 9.17) is 4.74 Å². The fourth-order valence-electron chi connectivity index (χ4n) is 2.92. The number of halogens is 3. The molecule has 0 spiro atoms. The Labute approximate surface area is 180 Å². The van der Waals surface area contributed by atoms with E-state index in [1.807, 2.05) is 0 Å². The molecule has 0 fully saturated rings. The third-order valence-electron chi connectivity index (χ3n) is 4.44. The summed E-state index contributed by atoms with van der Waals surface area (Å²) in [5.74, 6) is -1.87. The van der Waals surface area contributed by atoms with Crippen molar-refractivity contribution in [2.75, 3.05) is 14.2 Å². The predicted molar refractivity (Wildman–Crippen MR) is 104 cm³/mol. The number of methoxy groups -OCH3 is 2. The first-order valence-corrected chi connectivity index (χ1v) is 9.20. The highest BCUT2D eigenvalue weighted by Crippen LogP contribution is 2.33. The normalized spacial score (nSPS) is 12.2. The number of carbonyl (C=O) groups excluding carboxylic acids is 2. The van der Waals surface area contributed by atoms with Gasteiger partial charge in [0.25, 0.3) is 5.91 Å². The number of nitrogens with zero attached hydrogens (tertiary/aromatic N) is 4. The van der Waals surface area contributed by atoms with E-state index < -0.39 is 35.4 Å². The maximum atomic E-state index is 13.9. The van der Waals surface area contributed by atoms with Crippen LogP contribution in [0.4, 0.5) is 13.2 Å². The number of hydrogen-bond acceptors (Lipinski definition) is 7. The SMILES string of the molecule is COC(=O)C[C@H](NC(=O)c1cnn(-c2ccc(OC)nn2)c1C(F)(F)F)c1ccccc1. The van der Waals surface area contributed by atoms with Gasteiger partial charge in [-0.1, -0.05) is 30.3 Å². The summed E-state index contributed by atoms with van der Waals surface area (Å²) in [4.78, 5) is 24.6. The molecule has 32 heavy (non-hydrogen) atoms. The van der Waals surface area contributed by atoms with Crippen LogP contribution >= 0.6 is 0 Å². The molecule has 0 aliphatic heterocycles. The lowest BCUT2D eigenvalue weighted by Gasteiger charge is -2.19. The van der Waals surface area contributed by atoms with Crippen LogP contribution in [0.2, 0.25) is 0 Å². The van der Waals surface area contributed by atoms with E-state index in [0.29, 0.717) is 10.2 Å². The summed E-state index contributed by atoms with van der Waals surface area (Å²) in [5, 5.41) is 13.4. The molecule has 9 nitrogen and oxygen atoms in total. The second-order valence-corrected chi connectivity index (χ2v) is 6.47. The molecule has 0 radical (unpaired) electrons. The van der Waals surface area contributed by atoms with E-state index >= 15 is 0 Å². The van der Waals surface area contributed by atoms with Gasteiger partial charge >= 0.3 is 12.1 Å². The van der Waals surface area contributed by atoms with Crippen molar-refractivity contribution in [1.82, 2.24) is 25.3 Å². The van der Waals surface area contributed by atoms with Crippen molar-refractivity contribution in [3.63, 3.8) is 0 Å². The van der Waals surface area contributed by atoms with Crippen LogP contribution in [-0.2, 0) is 15.7 Å². The summed E-state index contributed by atoms with van der Waals surface area (Å²) in [6, 6.07) is 9.96. The van der Waals surface area contributed by atoms with Gasteiger partial charge in [-0.3, -0.25) is 9.59 Å². The molecule has 0 saturated heterocycles. The monoisotopic (exact) mass is 449 g/mol. The number of nitrogens with one attached hydrogen (secondary N) is 1. The second kappa shape index (κ2) is 9.45. The zero-order valence-corrected chi connectivity index (χ0v) is 17.0. The zero-order chi connectivity index (χ0) is 23.3. The Morgan fingerprint density at radius 3 is 2.38 bits per heavy atom. The molecule has 0 aliphatic carbocycles. The van der Waals surface area contributed by atoms with Crippen molar-refractivity contribution in [2.45, 2.75) is 18.6 Å². The van der Waals surface area contributed by atoms with E-state index in [-0.39, 0.29) is 18.1 Å². The Kier molecular flexibility index (Phi) is 6.71. The smallest absolute Gasteiger partial charge is 0.434 e. The summed E-state index contributed by atoms with van der Waals surface area (Å²) in [7, 11) is 2.51. The summed E-state index contributed by atoms with van der Waals surface area (Å²) < 4.78 is 51.6. The molecule has 3 rings (SSSR count). The van der Waals surface area contributed by atoms with Gasteiger partial charge in [0.05, 0.1) is 38.4 Å². The lowest BCUT2D eigenvalue weighted by atomic mass is 10.0. The molecule has 3 aromatic rings. The van der Waals surface area contributed by atoms with Gasteiger partial charge in [-0.2, -0.15) is 18.3 Å². The second-order valence-electron chi connectivity index (χ2n) is 6.47. The number of ether oxygens (including phenoxy) is 2. The Morgan fingerprint density at radius 1 is 1.09 bits per heavy atom. The van der Waals surface area contributed by atoms with Gasteiger partial charge in [0.15, 0.2) is 11.5 Å². The van der Waals surface area contributed by atoms with E-state index in [1.54, 1.807) is 30.3 Å². The number of benzene rings is 1. The molecule has 2 aromatic heterocycles. The molecule has 12 heteroatoms. The van der Waals surface area contributed by atoms with Crippen LogP contribution in [0, 0.1) is 0 Å². The highest BCUT2D eigenvalue weighted by molar-refractivity contribution is 5.96. The lowest BCUT2D eigenvalue weighted by molar-refractivity contribution is -0.143. The summed E-state index contributed by atoms with van der Waals surface area (Å²) in [6.07, 6.45) is -4.43. The van der Waals surface area contributed by atoms with Crippen molar-refractivity contribution >= 4 is 11.9 Å². The first-order valence-electron chi connectivity index (χ1n) is 9.20. The molecule has 1 aromatic carbocycles. The largest absolute Gasteiger partial charge is 0.480 e. The molecular formula is C20H18F3N5O4. The van der Waals surface area contributed by atoms with Crippen molar-refractivity contribution in [2.24, 2.45) is 0 Å². The number of aromatic nitrogens is 4. The Hall–Kier alpha value is -3.96. The molecule has 0 bridgehead atoms. The van der Waals surface area contributed by atoms with Crippen molar-refractivity contribution in [3.05, 3.63) is 65.5 Å². The minimum absolute atomic E-state index is 0.0981. The molecule has 2 heterocycles. The van der Waals surface area contributed by atoms with Crippen LogP contribution in [0.5, 0.6) is 5.88 Å². The van der Waals surface area contributed by atoms with E-state index in [2.05, 4.69) is 25.3 Å². The molecule has 1 amide bonds. The summed E-state index contributed by atoms with van der Waals surface area (Å²) in [6.45, 7) is 0. The maximum Gasteiger partial charge on any atom is 0.434 e. The van der Waals surface area contributed by atoms with Gasteiger partial charge in [0.2, 0.25) is 5.88 Å². The first-order chi connectivity index (χ1) is 15.2. The van der Waals surface area contributed by atoms with Gasteiger partial charge < -0.3 is 14.8 Å². The van der Waals surface area contributed by atoms with Gasteiger partial charge in [0.1, 0.15) is 0 Å². The van der Waals surface area contributed by atoms with Crippen molar-refractivity contribution in [1.29, 1.82) is 0 Å². The van der Waals surface area contributed by atoms with Gasteiger partial charge in [-0.15, -0.1) is 10.2 Å². The topological polar surface area (TPSA) is 108 Å². The Morgan fingerprint density at radius 2 is 1.81 bits per heavy atom. The van der Waals surface area contributed by atoms with E-state index in [1.165, 1.54) is 26.4 Å². The molecule has 1 N–H and O–H groups in total. The average molecular weight is 449 g/mol. The number of carbonyl (C=O) groups is 2. The fourth-order valence-corrected chi connectivity index (χ4v) is 2.92. The third-order valence-corrected chi connectivity index (χ3v) is 4.44. The van der Waals surface area contributed by atoms with Crippen LogP contribution in [0.1, 0.15) is 34.1 Å². The van der Waals surface area contributed by atoms with E-state index in [0.717, 1.165) is 6.20 Å². The Balaban J connectivity index is 1.97. The standard InChI is InChI=1S/C20H18F3N5O4/c1-31-16-9-8-15(26-27-16)28-18(20(21,22)23)13(11-24-28)19(30)25-14(10-17(29)32-2)12-6-4-3-5-7-12/h3-9,11,14H,10H2,1-2H3,(H,25,30)/t14-/m0/s1. The minimum Gasteiger partial charge on any atom is -0.480 e. The number of hydrogen-bond donors (Lipinski definition) is 1. The predicted octanol–water partition coefficient (Wildman–Crippen LogP) is 2.72. The molecule has 168 valence electrons. The number of alkyl halides is 3. The maximum absolute atomic E-state index is 13.9. The molecular weight excluding hydrogens is 431 g/mol. The number of amides is 1. The average Bonchev–Trinajstić information content (AvgIpc) is 3.25. The molecule has 0 unspecified atom stereocenters. The molecule has 1 atom stereocenters. The van der Waals surface area contributed by atoms with Crippen LogP contribution in [0.15, 0.2) is 48.7 Å². The minimum atomic E-state index is -4.94. The van der Waals surface area contributed by atoms with Crippen LogP contribution in [-0.4, -0.2) is 46.1 Å². The van der Waals surface area contributed by atoms with Crippen LogP contribution in [0.25, 0.3) is 5.82 Å². The quantitative estimate of drug-likeness (QED) is 0.553.